The lowest BCUT2D eigenvalue weighted by atomic mass is 10.2. The van der Waals surface area contributed by atoms with Gasteiger partial charge in [0.2, 0.25) is 11.8 Å². The highest BCUT2D eigenvalue weighted by Crippen LogP contribution is 2.19. The molecule has 0 bridgehead atoms. The fraction of sp³-hybridized carbons (Fsp3) is 0.353. The van der Waals surface area contributed by atoms with Gasteiger partial charge in [0.05, 0.1) is 31.2 Å². The van der Waals surface area contributed by atoms with Crippen molar-refractivity contribution in [3.05, 3.63) is 42.0 Å². The first-order valence-corrected chi connectivity index (χ1v) is 7.83. The second-order valence-electron chi connectivity index (χ2n) is 5.76. The number of carboxylic acids is 1. The van der Waals surface area contributed by atoms with Crippen molar-refractivity contribution < 1.29 is 28.2 Å². The molecule has 0 spiro atoms. The second-order valence-corrected chi connectivity index (χ2v) is 5.76. The van der Waals surface area contributed by atoms with Crippen LogP contribution in [-0.2, 0) is 20.7 Å². The first kappa shape index (κ1) is 17.1. The molecule has 2 heterocycles. The van der Waals surface area contributed by atoms with Gasteiger partial charge in [-0.05, 0) is 24.3 Å². The van der Waals surface area contributed by atoms with Gasteiger partial charge in [-0.1, -0.05) is 0 Å². The zero-order valence-corrected chi connectivity index (χ0v) is 13.4. The third-order valence-electron chi connectivity index (χ3n) is 3.87. The number of carbonyl (C=O) groups excluding carboxylic acids is 1. The summed E-state index contributed by atoms with van der Waals surface area (Å²) in [6, 6.07) is 5.71. The molecule has 1 fully saturated rings. The lowest BCUT2D eigenvalue weighted by Gasteiger charge is -2.32. The number of hydrogen-bond donors (Lipinski definition) is 1. The summed E-state index contributed by atoms with van der Waals surface area (Å²) in [7, 11) is 0. The van der Waals surface area contributed by atoms with Gasteiger partial charge in [0, 0.05) is 18.7 Å². The minimum Gasteiger partial charge on any atom is -0.481 e. The molecule has 1 amide bonds. The number of rotatable bonds is 5. The second kappa shape index (κ2) is 7.43. The molecule has 1 aromatic carbocycles. The van der Waals surface area contributed by atoms with E-state index in [0.717, 1.165) is 0 Å². The number of carbonyl (C=O) groups is 2. The van der Waals surface area contributed by atoms with Gasteiger partial charge in [0.25, 0.3) is 0 Å². The average Bonchev–Trinajstić information content (AvgIpc) is 3.03. The van der Waals surface area contributed by atoms with E-state index in [4.69, 9.17) is 14.3 Å². The number of amides is 1. The van der Waals surface area contributed by atoms with E-state index in [-0.39, 0.29) is 31.1 Å². The van der Waals surface area contributed by atoms with E-state index in [1.807, 2.05) is 0 Å². The number of hydrogen-bond acceptors (Lipinski definition) is 5. The molecular formula is C17H17FN2O5. The molecule has 2 aromatic rings. The number of halogens is 1. The summed E-state index contributed by atoms with van der Waals surface area (Å²) in [6.45, 7) is 0.967. The van der Waals surface area contributed by atoms with Gasteiger partial charge in [0.1, 0.15) is 12.1 Å². The predicted molar refractivity (Wildman–Crippen MR) is 84.2 cm³/mol. The zero-order valence-electron chi connectivity index (χ0n) is 13.4. The highest BCUT2D eigenvalue weighted by atomic mass is 19.1. The van der Waals surface area contributed by atoms with E-state index < -0.39 is 12.1 Å². The van der Waals surface area contributed by atoms with Gasteiger partial charge < -0.3 is 19.2 Å². The number of aliphatic carboxylic acids is 1. The van der Waals surface area contributed by atoms with Crippen LogP contribution < -0.4 is 0 Å². The molecule has 1 aliphatic heterocycles. The van der Waals surface area contributed by atoms with E-state index in [9.17, 15) is 14.0 Å². The minimum atomic E-state index is -0.959. The fourth-order valence-electron chi connectivity index (χ4n) is 2.64. The van der Waals surface area contributed by atoms with Crippen LogP contribution in [0.5, 0.6) is 0 Å². The van der Waals surface area contributed by atoms with Crippen molar-refractivity contribution in [3.8, 4) is 11.5 Å². The van der Waals surface area contributed by atoms with E-state index in [0.29, 0.717) is 30.3 Å². The zero-order chi connectivity index (χ0) is 17.8. The quantitative estimate of drug-likeness (QED) is 0.884. The van der Waals surface area contributed by atoms with Crippen LogP contribution in [0.15, 0.2) is 34.9 Å². The molecule has 0 saturated carbocycles. The molecule has 0 unspecified atom stereocenters. The van der Waals surface area contributed by atoms with E-state index in [1.54, 1.807) is 17.0 Å². The molecule has 8 heteroatoms. The van der Waals surface area contributed by atoms with Crippen molar-refractivity contribution in [1.82, 2.24) is 9.88 Å². The molecule has 3 rings (SSSR count). The standard InChI is InChI=1S/C17H17FN2O5/c18-12-3-1-11(2-4-12)17-19-13(10-25-17)7-15(21)20-5-6-24-14(9-20)8-16(22)23/h1-4,10,14H,5-9H2,(H,22,23)/t14-/m0/s1. The monoisotopic (exact) mass is 348 g/mol. The Morgan fingerprint density at radius 3 is 2.80 bits per heavy atom. The van der Waals surface area contributed by atoms with Crippen molar-refractivity contribution in [2.75, 3.05) is 19.7 Å². The van der Waals surface area contributed by atoms with Crippen molar-refractivity contribution in [2.24, 2.45) is 0 Å². The molecule has 1 aromatic heterocycles. The van der Waals surface area contributed by atoms with Crippen molar-refractivity contribution in [2.45, 2.75) is 18.9 Å². The molecule has 25 heavy (non-hydrogen) atoms. The Labute approximate surface area is 143 Å². The Morgan fingerprint density at radius 1 is 1.32 bits per heavy atom. The number of carboxylic acid groups (broad SMARTS) is 1. The van der Waals surface area contributed by atoms with Crippen molar-refractivity contribution in [1.29, 1.82) is 0 Å². The smallest absolute Gasteiger partial charge is 0.306 e. The largest absolute Gasteiger partial charge is 0.481 e. The summed E-state index contributed by atoms with van der Waals surface area (Å²) in [6.07, 6.45) is 0.806. The molecule has 1 atom stereocenters. The molecular weight excluding hydrogens is 331 g/mol. The molecule has 132 valence electrons. The van der Waals surface area contributed by atoms with Crippen molar-refractivity contribution >= 4 is 11.9 Å². The Balaban J connectivity index is 1.61. The van der Waals surface area contributed by atoms with E-state index >= 15 is 0 Å². The Hall–Kier alpha value is -2.74. The van der Waals surface area contributed by atoms with Gasteiger partial charge >= 0.3 is 5.97 Å². The number of morpholine rings is 1. The molecule has 1 N–H and O–H groups in total. The molecule has 1 saturated heterocycles. The van der Waals surface area contributed by atoms with Crippen LogP contribution in [-0.4, -0.2) is 52.7 Å². The van der Waals surface area contributed by atoms with Gasteiger partial charge in [-0.25, -0.2) is 9.37 Å². The number of nitrogens with zero attached hydrogens (tertiary/aromatic N) is 2. The maximum absolute atomic E-state index is 12.9. The Morgan fingerprint density at radius 2 is 2.08 bits per heavy atom. The summed E-state index contributed by atoms with van der Waals surface area (Å²) in [4.78, 5) is 29.0. The number of ether oxygens (including phenoxy) is 1. The van der Waals surface area contributed by atoms with Crippen molar-refractivity contribution in [3.63, 3.8) is 0 Å². The highest BCUT2D eigenvalue weighted by Gasteiger charge is 2.26. The lowest BCUT2D eigenvalue weighted by Crippen LogP contribution is -2.46. The van der Waals surface area contributed by atoms with Crippen LogP contribution in [0.3, 0.4) is 0 Å². The first-order chi connectivity index (χ1) is 12.0. The van der Waals surface area contributed by atoms with E-state index in [2.05, 4.69) is 4.98 Å². The maximum Gasteiger partial charge on any atom is 0.306 e. The number of aromatic nitrogens is 1. The van der Waals surface area contributed by atoms with Crippen LogP contribution in [0.1, 0.15) is 12.1 Å². The molecule has 1 aliphatic rings. The van der Waals surface area contributed by atoms with Crippen LogP contribution in [0.4, 0.5) is 4.39 Å². The van der Waals surface area contributed by atoms with Crippen LogP contribution in [0.25, 0.3) is 11.5 Å². The lowest BCUT2D eigenvalue weighted by molar-refractivity contribution is -0.147. The molecule has 0 radical (unpaired) electrons. The normalized spacial score (nSPS) is 17.5. The van der Waals surface area contributed by atoms with Gasteiger partial charge in [-0.15, -0.1) is 0 Å². The SMILES string of the molecule is O=C(O)C[C@H]1CN(C(=O)Cc2coc(-c3ccc(F)cc3)n2)CCO1. The van der Waals surface area contributed by atoms with Crippen LogP contribution in [0.2, 0.25) is 0 Å². The molecule has 0 aliphatic carbocycles. The van der Waals surface area contributed by atoms with E-state index in [1.165, 1.54) is 18.4 Å². The van der Waals surface area contributed by atoms with Crippen LogP contribution >= 0.6 is 0 Å². The first-order valence-electron chi connectivity index (χ1n) is 7.83. The predicted octanol–water partition coefficient (Wildman–Crippen LogP) is 1.73. The summed E-state index contributed by atoms with van der Waals surface area (Å²) in [5.74, 6) is -1.17. The summed E-state index contributed by atoms with van der Waals surface area (Å²) in [5, 5.41) is 8.82. The Kier molecular flexibility index (Phi) is 5.08. The van der Waals surface area contributed by atoms with Gasteiger partial charge in [-0.2, -0.15) is 0 Å². The average molecular weight is 348 g/mol. The van der Waals surface area contributed by atoms with Gasteiger partial charge in [0.15, 0.2) is 0 Å². The fourth-order valence-corrected chi connectivity index (χ4v) is 2.64. The maximum atomic E-state index is 12.9. The minimum absolute atomic E-state index is 0.0461. The topological polar surface area (TPSA) is 92.9 Å². The number of oxazole rings is 1. The van der Waals surface area contributed by atoms with Crippen LogP contribution in [0, 0.1) is 5.82 Å². The third-order valence-corrected chi connectivity index (χ3v) is 3.87. The summed E-state index contributed by atoms with van der Waals surface area (Å²) < 4.78 is 23.6. The Bertz CT molecular complexity index is 759. The third kappa shape index (κ3) is 4.42. The summed E-state index contributed by atoms with van der Waals surface area (Å²) >= 11 is 0. The summed E-state index contributed by atoms with van der Waals surface area (Å²) in [5.41, 5.74) is 1.08. The highest BCUT2D eigenvalue weighted by molar-refractivity contribution is 5.78. The number of benzene rings is 1. The van der Waals surface area contributed by atoms with Gasteiger partial charge in [-0.3, -0.25) is 9.59 Å². The molecule has 7 nitrogen and oxygen atoms in total.